The van der Waals surface area contributed by atoms with Crippen LogP contribution in [0.4, 0.5) is 5.69 Å². The largest absolute Gasteiger partial charge is 0.493 e. The predicted molar refractivity (Wildman–Crippen MR) is 148 cm³/mol. The minimum Gasteiger partial charge on any atom is -0.493 e. The van der Waals surface area contributed by atoms with Crippen molar-refractivity contribution in [3.63, 3.8) is 0 Å². The van der Waals surface area contributed by atoms with Crippen molar-refractivity contribution in [1.82, 2.24) is 20.0 Å². The summed E-state index contributed by atoms with van der Waals surface area (Å²) in [6.45, 7) is 2.95. The quantitative estimate of drug-likeness (QED) is 0.453. The van der Waals surface area contributed by atoms with Gasteiger partial charge in [-0.1, -0.05) is 0 Å². The number of aromatic nitrogens is 2. The lowest BCUT2D eigenvalue weighted by Crippen LogP contribution is -2.56. The molecule has 3 saturated heterocycles. The average molecular weight is 517 g/mol. The molecule has 0 spiro atoms. The zero-order chi connectivity index (χ0) is 25.9. The fourth-order valence-corrected chi connectivity index (χ4v) is 5.87. The summed E-state index contributed by atoms with van der Waals surface area (Å²) in [6, 6.07) is 18.1. The van der Waals surface area contributed by atoms with E-state index in [4.69, 9.17) is 32.1 Å². The number of hydrogen-bond donors (Lipinski definition) is 2. The molecule has 8 nitrogen and oxygen atoms in total. The molecule has 2 N–H and O–H groups in total. The summed E-state index contributed by atoms with van der Waals surface area (Å²) in [4.78, 5) is 2.59. The summed E-state index contributed by atoms with van der Waals surface area (Å²) in [5.41, 5.74) is 4.76. The molecule has 3 aliphatic rings. The molecule has 0 radical (unpaired) electrons. The second-order valence-corrected chi connectivity index (χ2v) is 10.1. The van der Waals surface area contributed by atoms with Gasteiger partial charge in [0.05, 0.1) is 31.5 Å². The summed E-state index contributed by atoms with van der Waals surface area (Å²) < 4.78 is 12.9. The normalized spacial score (nSPS) is 22.2. The van der Waals surface area contributed by atoms with E-state index in [1.807, 2.05) is 42.1 Å². The van der Waals surface area contributed by atoms with Crippen LogP contribution in [0, 0.1) is 17.2 Å². The maximum Gasteiger partial charge on any atom is 0.170 e. The Balaban J connectivity index is 1.21. The summed E-state index contributed by atoms with van der Waals surface area (Å²) in [6.07, 6.45) is 2.33. The fourth-order valence-electron chi connectivity index (χ4n) is 5.66. The number of fused-ring (bicyclic) bond motifs is 3. The van der Waals surface area contributed by atoms with Gasteiger partial charge in [-0.3, -0.25) is 9.58 Å². The molecule has 1 aromatic heterocycles. The van der Waals surface area contributed by atoms with Crippen LogP contribution in [0.25, 0.3) is 11.3 Å². The summed E-state index contributed by atoms with van der Waals surface area (Å²) in [7, 11) is 5.34. The Labute approximate surface area is 223 Å². The van der Waals surface area contributed by atoms with Gasteiger partial charge in [0.2, 0.25) is 0 Å². The Morgan fingerprint density at radius 1 is 1.14 bits per heavy atom. The highest BCUT2D eigenvalue weighted by Crippen LogP contribution is 2.42. The van der Waals surface area contributed by atoms with Gasteiger partial charge in [-0.15, -0.1) is 0 Å². The number of aryl methyl sites for hydroxylation is 1. The molecule has 1 unspecified atom stereocenters. The number of nitrogens with one attached hydrogen (secondary N) is 2. The standard InChI is InChI=1S/C28H32N6O2S/c1-33-25(14-24(32-33)20-6-9-26(35-2)27(13-20)36-3)23-17-34-11-10-19(23)12-22(34)16-30-28(37)31-21-7-4-18(15-29)5-8-21/h4-9,13-14,19,22-23H,10-12,16-17H2,1-3H3,(H2,30,31,37)/t19-,22+,23-/m0/s1. The Hall–Kier alpha value is -3.61. The molecule has 9 heteroatoms. The highest BCUT2D eigenvalue weighted by molar-refractivity contribution is 7.80. The van der Waals surface area contributed by atoms with Crippen LogP contribution in [0.15, 0.2) is 48.5 Å². The van der Waals surface area contributed by atoms with Gasteiger partial charge < -0.3 is 20.1 Å². The van der Waals surface area contributed by atoms with E-state index in [0.29, 0.717) is 40.1 Å². The number of rotatable bonds is 7. The van der Waals surface area contributed by atoms with E-state index in [9.17, 15) is 0 Å². The van der Waals surface area contributed by atoms with Gasteiger partial charge in [0.1, 0.15) is 0 Å². The lowest BCUT2D eigenvalue weighted by Gasteiger charge is -2.50. The average Bonchev–Trinajstić information content (AvgIpc) is 3.33. The van der Waals surface area contributed by atoms with Gasteiger partial charge in [0, 0.05) is 49.0 Å². The van der Waals surface area contributed by atoms with Crippen LogP contribution in [0.1, 0.15) is 30.0 Å². The van der Waals surface area contributed by atoms with Crippen molar-refractivity contribution < 1.29 is 9.47 Å². The molecule has 4 atom stereocenters. The van der Waals surface area contributed by atoms with E-state index >= 15 is 0 Å². The zero-order valence-corrected chi connectivity index (χ0v) is 22.2. The number of anilines is 1. The summed E-state index contributed by atoms with van der Waals surface area (Å²) in [5, 5.41) is 21.0. The second-order valence-electron chi connectivity index (χ2n) is 9.71. The van der Waals surface area contributed by atoms with Crippen LogP contribution in [0.5, 0.6) is 11.5 Å². The van der Waals surface area contributed by atoms with E-state index in [0.717, 1.165) is 43.0 Å². The maximum absolute atomic E-state index is 8.96. The van der Waals surface area contributed by atoms with Crippen LogP contribution in [0.3, 0.4) is 0 Å². The third kappa shape index (κ3) is 5.26. The molecule has 0 amide bonds. The number of benzene rings is 2. The molecule has 3 fully saturated rings. The topological polar surface area (TPSA) is 87.4 Å². The first kappa shape index (κ1) is 25.1. The van der Waals surface area contributed by atoms with E-state index in [-0.39, 0.29) is 0 Å². The van der Waals surface area contributed by atoms with Crippen LogP contribution < -0.4 is 20.1 Å². The number of nitrogens with zero attached hydrogens (tertiary/aromatic N) is 4. The van der Waals surface area contributed by atoms with Gasteiger partial charge in [-0.2, -0.15) is 10.4 Å². The molecule has 37 heavy (non-hydrogen) atoms. The highest BCUT2D eigenvalue weighted by atomic mass is 32.1. The van der Waals surface area contributed by atoms with Gasteiger partial charge in [0.25, 0.3) is 0 Å². The van der Waals surface area contributed by atoms with Crippen LogP contribution >= 0.6 is 12.2 Å². The Bertz CT molecular complexity index is 1320. The smallest absolute Gasteiger partial charge is 0.170 e. The van der Waals surface area contributed by atoms with Crippen molar-refractivity contribution >= 4 is 23.0 Å². The molecule has 192 valence electrons. The molecular formula is C28H32N6O2S. The zero-order valence-electron chi connectivity index (χ0n) is 21.4. The molecule has 0 saturated carbocycles. The van der Waals surface area contributed by atoms with Crippen molar-refractivity contribution in [3.05, 3.63) is 59.8 Å². The molecule has 3 aromatic rings. The Morgan fingerprint density at radius 2 is 1.92 bits per heavy atom. The number of ether oxygens (including phenoxy) is 2. The number of hydrogen-bond acceptors (Lipinski definition) is 6. The van der Waals surface area contributed by atoms with Gasteiger partial charge in [0.15, 0.2) is 16.6 Å². The summed E-state index contributed by atoms with van der Waals surface area (Å²) in [5.74, 6) is 2.49. The highest BCUT2D eigenvalue weighted by Gasteiger charge is 2.41. The maximum atomic E-state index is 8.96. The Morgan fingerprint density at radius 3 is 2.59 bits per heavy atom. The lowest BCUT2D eigenvalue weighted by atomic mass is 9.74. The van der Waals surface area contributed by atoms with Crippen molar-refractivity contribution in [3.8, 4) is 28.8 Å². The Kier molecular flexibility index (Phi) is 7.31. The van der Waals surface area contributed by atoms with Crippen molar-refractivity contribution in [1.29, 1.82) is 5.26 Å². The van der Waals surface area contributed by atoms with Crippen LogP contribution in [-0.4, -0.2) is 59.7 Å². The van der Waals surface area contributed by atoms with Gasteiger partial charge >= 0.3 is 0 Å². The first-order valence-electron chi connectivity index (χ1n) is 12.5. The molecule has 3 aliphatic heterocycles. The third-order valence-electron chi connectivity index (χ3n) is 7.62. The van der Waals surface area contributed by atoms with Crippen LogP contribution in [0.2, 0.25) is 0 Å². The van der Waals surface area contributed by atoms with Crippen LogP contribution in [-0.2, 0) is 7.05 Å². The molecule has 2 bridgehead atoms. The minimum atomic E-state index is 0.453. The van der Waals surface area contributed by atoms with E-state index in [2.05, 4.69) is 27.7 Å². The molecule has 0 aliphatic carbocycles. The van der Waals surface area contributed by atoms with E-state index in [1.54, 1.807) is 26.4 Å². The van der Waals surface area contributed by atoms with Gasteiger partial charge in [-0.05, 0) is 86.1 Å². The summed E-state index contributed by atoms with van der Waals surface area (Å²) >= 11 is 5.52. The fraction of sp³-hybridized carbons (Fsp3) is 0.393. The number of piperidine rings is 3. The van der Waals surface area contributed by atoms with E-state index in [1.165, 1.54) is 12.1 Å². The van der Waals surface area contributed by atoms with Gasteiger partial charge in [-0.25, -0.2) is 0 Å². The monoisotopic (exact) mass is 516 g/mol. The molecule has 4 heterocycles. The molecular weight excluding hydrogens is 484 g/mol. The number of methoxy groups -OCH3 is 2. The van der Waals surface area contributed by atoms with Crippen molar-refractivity contribution in [2.75, 3.05) is 39.2 Å². The minimum absolute atomic E-state index is 0.453. The number of nitriles is 1. The first-order chi connectivity index (χ1) is 18.0. The predicted octanol–water partition coefficient (Wildman–Crippen LogP) is 4.14. The van der Waals surface area contributed by atoms with Crippen molar-refractivity contribution in [2.45, 2.75) is 24.8 Å². The third-order valence-corrected chi connectivity index (χ3v) is 7.87. The first-order valence-corrected chi connectivity index (χ1v) is 12.9. The molecule has 6 rings (SSSR count). The molecule has 2 aromatic carbocycles. The second kappa shape index (κ2) is 10.8. The lowest BCUT2D eigenvalue weighted by molar-refractivity contribution is 0.0303. The SMILES string of the molecule is COc1ccc(-c2cc([C@H]3CN4CC[C@H]3C[C@@H]4CNC(=S)Nc3ccc(C#N)cc3)n(C)n2)cc1OC. The number of thiocarbonyl (C=S) groups is 1. The van der Waals surface area contributed by atoms with E-state index < -0.39 is 0 Å². The van der Waals surface area contributed by atoms with Crippen molar-refractivity contribution in [2.24, 2.45) is 13.0 Å².